The second-order valence-electron chi connectivity index (χ2n) is 10.2. The molecule has 2 heterocycles. The summed E-state index contributed by atoms with van der Waals surface area (Å²) in [6.07, 6.45) is 9.63. The van der Waals surface area contributed by atoms with Gasteiger partial charge in [-0.1, -0.05) is 25.1 Å². The van der Waals surface area contributed by atoms with Crippen LogP contribution < -0.4 is 4.74 Å². The van der Waals surface area contributed by atoms with Crippen molar-refractivity contribution in [3.8, 4) is 16.9 Å². The van der Waals surface area contributed by atoms with Crippen molar-refractivity contribution in [1.29, 1.82) is 0 Å². The summed E-state index contributed by atoms with van der Waals surface area (Å²) in [5, 5.41) is 0. The van der Waals surface area contributed by atoms with Gasteiger partial charge in [0, 0.05) is 26.2 Å². The van der Waals surface area contributed by atoms with Crippen molar-refractivity contribution in [2.45, 2.75) is 56.6 Å². The number of hydrogen-bond acceptors (Lipinski definition) is 4. The third-order valence-electron chi connectivity index (χ3n) is 8.08. The number of rotatable bonds is 7. The summed E-state index contributed by atoms with van der Waals surface area (Å²) in [4.78, 5) is 16.7. The Morgan fingerprint density at radius 1 is 1.20 bits per heavy atom. The number of piperidine rings is 1. The zero-order chi connectivity index (χ0) is 24.4. The van der Waals surface area contributed by atoms with Gasteiger partial charge in [-0.05, 0) is 79.5 Å². The molecular formula is C29H35FN2O3. The highest BCUT2D eigenvalue weighted by Crippen LogP contribution is 2.42. The molecule has 35 heavy (non-hydrogen) atoms. The molecule has 1 aliphatic carbocycles. The van der Waals surface area contributed by atoms with Gasteiger partial charge in [-0.25, -0.2) is 4.39 Å². The van der Waals surface area contributed by atoms with E-state index in [1.165, 1.54) is 42.1 Å². The molecule has 5 nitrogen and oxygen atoms in total. The number of benzene rings is 2. The first-order valence-corrected chi connectivity index (χ1v) is 12.8. The first-order chi connectivity index (χ1) is 17.0. The number of halogens is 1. The molecule has 0 atom stereocenters. The van der Waals surface area contributed by atoms with E-state index < -0.39 is 5.82 Å². The topological polar surface area (TPSA) is 42.0 Å². The largest absolute Gasteiger partial charge is 0.500 e. The number of ether oxygens (including phenoxy) is 2. The Balaban J connectivity index is 1.25. The Morgan fingerprint density at radius 3 is 2.63 bits per heavy atom. The molecule has 3 aliphatic rings. The Bertz CT molecular complexity index is 1090. The van der Waals surface area contributed by atoms with Crippen LogP contribution in [0.2, 0.25) is 0 Å². The van der Waals surface area contributed by atoms with Gasteiger partial charge in [-0.3, -0.25) is 4.79 Å². The predicted molar refractivity (Wildman–Crippen MR) is 135 cm³/mol. The molecule has 1 amide bonds. The average molecular weight is 479 g/mol. The van der Waals surface area contributed by atoms with Crippen molar-refractivity contribution >= 4 is 5.91 Å². The van der Waals surface area contributed by atoms with Crippen LogP contribution in [0.3, 0.4) is 0 Å². The molecule has 186 valence electrons. The molecule has 0 bridgehead atoms. The Morgan fingerprint density at radius 2 is 1.94 bits per heavy atom. The number of likely N-dealkylation sites (tertiary alicyclic amines) is 1. The summed E-state index contributed by atoms with van der Waals surface area (Å²) in [7, 11) is 1.63. The fourth-order valence-electron chi connectivity index (χ4n) is 5.55. The van der Waals surface area contributed by atoms with Crippen LogP contribution in [0.5, 0.6) is 5.75 Å². The maximum absolute atomic E-state index is 14.9. The Kier molecular flexibility index (Phi) is 6.83. The Hall–Kier alpha value is -2.86. The number of likely N-dealkylation sites (N-methyl/N-ethyl adjacent to an activating group) is 1. The molecule has 0 unspecified atom stereocenters. The van der Waals surface area contributed by atoms with Crippen LogP contribution in [0.1, 0.15) is 54.4 Å². The number of amides is 1. The average Bonchev–Trinajstić information content (AvgIpc) is 2.84. The molecule has 1 spiro atoms. The van der Waals surface area contributed by atoms with Gasteiger partial charge in [0.05, 0.1) is 18.4 Å². The predicted octanol–water partition coefficient (Wildman–Crippen LogP) is 5.44. The Labute approximate surface area is 207 Å². The van der Waals surface area contributed by atoms with Gasteiger partial charge in [-0.15, -0.1) is 0 Å². The molecule has 0 aromatic heterocycles. The lowest BCUT2D eigenvalue weighted by atomic mass is 9.81. The second kappa shape index (κ2) is 10.0. The van der Waals surface area contributed by atoms with Crippen molar-refractivity contribution in [2.24, 2.45) is 0 Å². The number of fused-ring (bicyclic) bond motifs is 1. The summed E-state index contributed by atoms with van der Waals surface area (Å²) in [6.45, 7) is 6.44. The van der Waals surface area contributed by atoms with E-state index in [2.05, 4.69) is 17.5 Å². The summed E-state index contributed by atoms with van der Waals surface area (Å²) >= 11 is 0. The van der Waals surface area contributed by atoms with Crippen LogP contribution in [-0.4, -0.2) is 60.6 Å². The fraction of sp³-hybridized carbons (Fsp3) is 0.483. The van der Waals surface area contributed by atoms with Gasteiger partial charge in [-0.2, -0.15) is 0 Å². The molecule has 2 aliphatic heterocycles. The van der Waals surface area contributed by atoms with Crippen LogP contribution in [-0.2, 0) is 11.2 Å². The van der Waals surface area contributed by atoms with Crippen LogP contribution in [0, 0.1) is 5.82 Å². The van der Waals surface area contributed by atoms with E-state index in [1.807, 2.05) is 18.2 Å². The van der Waals surface area contributed by atoms with Gasteiger partial charge in [0.2, 0.25) is 0 Å². The molecular weight excluding hydrogens is 443 g/mol. The van der Waals surface area contributed by atoms with E-state index in [-0.39, 0.29) is 17.1 Å². The lowest BCUT2D eigenvalue weighted by molar-refractivity contribution is -0.0336. The van der Waals surface area contributed by atoms with E-state index in [1.54, 1.807) is 13.1 Å². The van der Waals surface area contributed by atoms with Crippen LogP contribution in [0.25, 0.3) is 11.1 Å². The van der Waals surface area contributed by atoms with E-state index in [0.29, 0.717) is 13.2 Å². The van der Waals surface area contributed by atoms with Gasteiger partial charge >= 0.3 is 0 Å². The van der Waals surface area contributed by atoms with E-state index in [0.717, 1.165) is 61.7 Å². The van der Waals surface area contributed by atoms with Crippen molar-refractivity contribution < 1.29 is 18.7 Å². The number of hydrogen-bond donors (Lipinski definition) is 0. The van der Waals surface area contributed by atoms with Gasteiger partial charge < -0.3 is 19.3 Å². The molecule has 0 N–H and O–H groups in total. The molecule has 2 aromatic carbocycles. The summed E-state index contributed by atoms with van der Waals surface area (Å²) in [5.74, 6) is 0.0806. The fourth-order valence-corrected chi connectivity index (χ4v) is 5.55. The summed E-state index contributed by atoms with van der Waals surface area (Å²) < 4.78 is 26.6. The van der Waals surface area contributed by atoms with Gasteiger partial charge in [0.15, 0.2) is 0 Å². The molecule has 2 fully saturated rings. The molecule has 0 radical (unpaired) electrons. The standard InChI is InChI=1S/C29H35FN2O3/c1-3-34-18-17-31(2)28(33)25-9-7-22(20-26(25)30)21-8-10-27-23(19-21)11-12-29(35-27)13-15-32(16-14-29)24-5-4-6-24/h3,7-10,19-20,24H,1,4-6,11-18H2,2H3. The molecule has 2 aromatic rings. The third kappa shape index (κ3) is 4.94. The van der Waals surface area contributed by atoms with E-state index >= 15 is 0 Å². The SMILES string of the molecule is C=COCCN(C)C(=O)c1ccc(-c2ccc3c(c2)CCC2(CCN(C4CCC4)CC2)O3)cc1F. The highest BCUT2D eigenvalue weighted by atomic mass is 19.1. The molecule has 1 saturated carbocycles. The van der Waals surface area contributed by atoms with Gasteiger partial charge in [0.25, 0.3) is 5.91 Å². The highest BCUT2D eigenvalue weighted by Gasteiger charge is 2.41. The maximum atomic E-state index is 14.9. The van der Waals surface area contributed by atoms with Crippen molar-refractivity contribution in [3.05, 3.63) is 66.2 Å². The van der Waals surface area contributed by atoms with Crippen molar-refractivity contribution in [3.63, 3.8) is 0 Å². The summed E-state index contributed by atoms with van der Waals surface area (Å²) in [5.41, 5.74) is 2.90. The van der Waals surface area contributed by atoms with Crippen LogP contribution in [0.15, 0.2) is 49.2 Å². The van der Waals surface area contributed by atoms with Crippen molar-refractivity contribution in [1.82, 2.24) is 9.80 Å². The van der Waals surface area contributed by atoms with Crippen LogP contribution in [0.4, 0.5) is 4.39 Å². The quantitative estimate of drug-likeness (QED) is 0.393. The molecule has 6 heteroatoms. The van der Waals surface area contributed by atoms with E-state index in [9.17, 15) is 9.18 Å². The smallest absolute Gasteiger partial charge is 0.256 e. The number of carbonyl (C=O) groups is 1. The summed E-state index contributed by atoms with van der Waals surface area (Å²) in [6, 6.07) is 11.8. The first kappa shape index (κ1) is 23.9. The highest BCUT2D eigenvalue weighted by molar-refractivity contribution is 5.95. The lowest BCUT2D eigenvalue weighted by Crippen LogP contribution is -2.53. The van der Waals surface area contributed by atoms with Crippen molar-refractivity contribution in [2.75, 3.05) is 33.3 Å². The van der Waals surface area contributed by atoms with E-state index in [4.69, 9.17) is 9.47 Å². The lowest BCUT2D eigenvalue weighted by Gasteiger charge is -2.48. The monoisotopic (exact) mass is 478 g/mol. The van der Waals surface area contributed by atoms with Crippen LogP contribution >= 0.6 is 0 Å². The first-order valence-electron chi connectivity index (χ1n) is 12.8. The maximum Gasteiger partial charge on any atom is 0.256 e. The minimum Gasteiger partial charge on any atom is -0.500 e. The third-order valence-corrected chi connectivity index (χ3v) is 8.08. The second-order valence-corrected chi connectivity index (χ2v) is 10.2. The molecule has 5 rings (SSSR count). The minimum atomic E-state index is -0.518. The zero-order valence-electron chi connectivity index (χ0n) is 20.6. The number of carbonyl (C=O) groups excluding carboxylic acids is 1. The molecule has 1 saturated heterocycles. The normalized spacial score (nSPS) is 19.4. The number of aryl methyl sites for hydroxylation is 1. The minimum absolute atomic E-state index is 0.0361. The zero-order valence-corrected chi connectivity index (χ0v) is 20.6. The van der Waals surface area contributed by atoms with Gasteiger partial charge in [0.1, 0.15) is 23.8 Å². The number of nitrogens with zero attached hydrogens (tertiary/aromatic N) is 2.